The molecule has 1 aromatic heterocycles. The topological polar surface area (TPSA) is 59.2 Å². The summed E-state index contributed by atoms with van der Waals surface area (Å²) in [4.78, 5) is 0. The first-order valence-corrected chi connectivity index (χ1v) is 8.09. The summed E-state index contributed by atoms with van der Waals surface area (Å²) in [7, 11) is 1.74. The van der Waals surface area contributed by atoms with Crippen molar-refractivity contribution in [3.05, 3.63) is 23.9 Å². The van der Waals surface area contributed by atoms with Crippen LogP contribution in [0.4, 0.5) is 0 Å². The number of fused-ring (bicyclic) bond motifs is 1. The number of H-pyrrole nitrogens is 1. The van der Waals surface area contributed by atoms with E-state index in [0.29, 0.717) is 6.04 Å². The average molecular weight is 340 g/mol. The molecule has 0 amide bonds. The van der Waals surface area contributed by atoms with E-state index in [-0.39, 0.29) is 18.5 Å². The molecular weight excluding hydrogens is 314 g/mol. The lowest BCUT2D eigenvalue weighted by atomic mass is 9.92. The highest BCUT2D eigenvalue weighted by Crippen LogP contribution is 2.29. The minimum Gasteiger partial charge on any atom is -0.490 e. The minimum atomic E-state index is 0. The monoisotopic (exact) mass is 339 g/mol. The van der Waals surface area contributed by atoms with Gasteiger partial charge in [-0.3, -0.25) is 5.10 Å². The van der Waals surface area contributed by atoms with Gasteiger partial charge in [0.05, 0.1) is 18.3 Å². The van der Waals surface area contributed by atoms with E-state index in [1.165, 1.54) is 18.4 Å². The SMILES string of the molecule is COCCN[C@@H]1CCC[C@H](Oc2ccc3[nH]ncc3c2C)C1.Cl. The second-order valence-corrected chi connectivity index (χ2v) is 6.07. The summed E-state index contributed by atoms with van der Waals surface area (Å²) >= 11 is 0. The fourth-order valence-electron chi connectivity index (χ4n) is 3.25. The van der Waals surface area contributed by atoms with Crippen molar-refractivity contribution in [1.82, 2.24) is 15.5 Å². The molecule has 3 rings (SSSR count). The van der Waals surface area contributed by atoms with E-state index in [2.05, 4.69) is 28.5 Å². The van der Waals surface area contributed by atoms with Gasteiger partial charge in [0.2, 0.25) is 0 Å². The number of aryl methyl sites for hydroxylation is 1. The molecule has 2 aromatic rings. The Morgan fingerprint density at radius 2 is 2.22 bits per heavy atom. The van der Waals surface area contributed by atoms with Gasteiger partial charge < -0.3 is 14.8 Å². The molecule has 1 aliphatic rings. The highest BCUT2D eigenvalue weighted by Gasteiger charge is 2.23. The van der Waals surface area contributed by atoms with Crippen molar-refractivity contribution in [2.24, 2.45) is 0 Å². The van der Waals surface area contributed by atoms with E-state index < -0.39 is 0 Å². The Hall–Kier alpha value is -1.30. The number of hydrogen-bond donors (Lipinski definition) is 2. The maximum atomic E-state index is 6.29. The molecule has 0 saturated heterocycles. The molecule has 6 heteroatoms. The zero-order valence-corrected chi connectivity index (χ0v) is 14.6. The molecule has 0 radical (unpaired) electrons. The fraction of sp³-hybridized carbons (Fsp3) is 0.588. The van der Waals surface area contributed by atoms with Crippen LogP contribution in [0.5, 0.6) is 5.75 Å². The first-order valence-electron chi connectivity index (χ1n) is 8.09. The first kappa shape index (κ1) is 18.0. The Morgan fingerprint density at radius 1 is 1.35 bits per heavy atom. The molecule has 1 aliphatic carbocycles. The Morgan fingerprint density at radius 3 is 3.04 bits per heavy atom. The Bertz CT molecular complexity index is 617. The number of rotatable bonds is 6. The molecule has 128 valence electrons. The van der Waals surface area contributed by atoms with Crippen LogP contribution < -0.4 is 10.1 Å². The summed E-state index contributed by atoms with van der Waals surface area (Å²) < 4.78 is 11.4. The number of nitrogens with zero attached hydrogens (tertiary/aromatic N) is 1. The Labute approximate surface area is 143 Å². The maximum Gasteiger partial charge on any atom is 0.123 e. The van der Waals surface area contributed by atoms with Gasteiger partial charge in [-0.05, 0) is 44.7 Å². The quantitative estimate of drug-likeness (QED) is 0.793. The van der Waals surface area contributed by atoms with E-state index in [0.717, 1.165) is 42.6 Å². The first-order chi connectivity index (χ1) is 10.8. The third-order valence-electron chi connectivity index (χ3n) is 4.50. The standard InChI is InChI=1S/C17H25N3O2.ClH/c1-12-15-11-19-20-16(15)6-7-17(12)22-14-5-3-4-13(10-14)18-8-9-21-2;/h6-7,11,13-14,18H,3-5,8-10H2,1-2H3,(H,19,20);1H/t13-,14+;/m1./s1. The van der Waals surface area contributed by atoms with Crippen LogP contribution in [0.25, 0.3) is 10.9 Å². The number of aromatic nitrogens is 2. The highest BCUT2D eigenvalue weighted by molar-refractivity contribution is 5.85. The molecule has 2 N–H and O–H groups in total. The van der Waals surface area contributed by atoms with Gasteiger partial charge in [0.15, 0.2) is 0 Å². The minimum absolute atomic E-state index is 0. The zero-order valence-electron chi connectivity index (χ0n) is 13.8. The van der Waals surface area contributed by atoms with Crippen LogP contribution in [0.1, 0.15) is 31.2 Å². The van der Waals surface area contributed by atoms with Gasteiger partial charge in [0, 0.05) is 30.6 Å². The lowest BCUT2D eigenvalue weighted by molar-refractivity contribution is 0.128. The van der Waals surface area contributed by atoms with Gasteiger partial charge in [-0.2, -0.15) is 5.10 Å². The third kappa shape index (κ3) is 4.37. The molecule has 1 heterocycles. The summed E-state index contributed by atoms with van der Waals surface area (Å²) in [6, 6.07) is 4.63. The van der Waals surface area contributed by atoms with Gasteiger partial charge in [-0.15, -0.1) is 12.4 Å². The third-order valence-corrected chi connectivity index (χ3v) is 4.50. The summed E-state index contributed by atoms with van der Waals surface area (Å²) in [5.74, 6) is 0.983. The summed E-state index contributed by atoms with van der Waals surface area (Å²) in [6.45, 7) is 3.77. The van der Waals surface area contributed by atoms with E-state index in [1.807, 2.05) is 12.3 Å². The molecule has 5 nitrogen and oxygen atoms in total. The van der Waals surface area contributed by atoms with Crippen LogP contribution in [-0.2, 0) is 4.74 Å². The van der Waals surface area contributed by atoms with Gasteiger partial charge in [-0.1, -0.05) is 0 Å². The summed E-state index contributed by atoms with van der Waals surface area (Å²) in [5, 5.41) is 11.8. The smallest absolute Gasteiger partial charge is 0.123 e. The second-order valence-electron chi connectivity index (χ2n) is 6.07. The van der Waals surface area contributed by atoms with Crippen LogP contribution in [0.3, 0.4) is 0 Å². The van der Waals surface area contributed by atoms with Gasteiger partial charge in [0.1, 0.15) is 11.9 Å². The van der Waals surface area contributed by atoms with Crippen molar-refractivity contribution in [1.29, 1.82) is 0 Å². The van der Waals surface area contributed by atoms with E-state index >= 15 is 0 Å². The number of benzene rings is 1. The van der Waals surface area contributed by atoms with Crippen LogP contribution in [0.15, 0.2) is 18.3 Å². The lowest BCUT2D eigenvalue weighted by Gasteiger charge is -2.30. The molecule has 0 spiro atoms. The number of ether oxygens (including phenoxy) is 2. The molecule has 23 heavy (non-hydrogen) atoms. The molecule has 0 aliphatic heterocycles. The molecule has 0 unspecified atom stereocenters. The molecule has 0 bridgehead atoms. The molecular formula is C17H26ClN3O2. The molecule has 1 saturated carbocycles. The predicted octanol–water partition coefficient (Wildman–Crippen LogP) is 3.22. The van der Waals surface area contributed by atoms with Crippen molar-refractivity contribution in [2.75, 3.05) is 20.3 Å². The van der Waals surface area contributed by atoms with Gasteiger partial charge in [-0.25, -0.2) is 0 Å². The number of hydrogen-bond acceptors (Lipinski definition) is 4. The summed E-state index contributed by atoms with van der Waals surface area (Å²) in [6.07, 6.45) is 6.79. The van der Waals surface area contributed by atoms with Crippen molar-refractivity contribution in [3.63, 3.8) is 0 Å². The van der Waals surface area contributed by atoms with Gasteiger partial charge >= 0.3 is 0 Å². The number of nitrogens with one attached hydrogen (secondary N) is 2. The fourth-order valence-corrected chi connectivity index (χ4v) is 3.25. The zero-order chi connectivity index (χ0) is 15.4. The van der Waals surface area contributed by atoms with Crippen LogP contribution >= 0.6 is 12.4 Å². The van der Waals surface area contributed by atoms with Crippen LogP contribution in [-0.4, -0.2) is 42.6 Å². The Balaban J connectivity index is 0.00000192. The number of methoxy groups -OCH3 is 1. The molecule has 2 atom stereocenters. The normalized spacial score (nSPS) is 21.1. The average Bonchev–Trinajstić information content (AvgIpc) is 3.00. The Kier molecular flexibility index (Phi) is 6.69. The number of halogens is 1. The van der Waals surface area contributed by atoms with Crippen molar-refractivity contribution < 1.29 is 9.47 Å². The highest BCUT2D eigenvalue weighted by atomic mass is 35.5. The van der Waals surface area contributed by atoms with Crippen LogP contribution in [0.2, 0.25) is 0 Å². The molecule has 1 fully saturated rings. The number of aromatic amines is 1. The van der Waals surface area contributed by atoms with Crippen molar-refractivity contribution >= 4 is 23.3 Å². The maximum absolute atomic E-state index is 6.29. The van der Waals surface area contributed by atoms with Crippen molar-refractivity contribution in [3.8, 4) is 5.75 Å². The van der Waals surface area contributed by atoms with Crippen LogP contribution in [0, 0.1) is 6.92 Å². The molecule has 1 aromatic carbocycles. The van der Waals surface area contributed by atoms with E-state index in [9.17, 15) is 0 Å². The van der Waals surface area contributed by atoms with Gasteiger partial charge in [0.25, 0.3) is 0 Å². The lowest BCUT2D eigenvalue weighted by Crippen LogP contribution is -2.39. The van der Waals surface area contributed by atoms with E-state index in [4.69, 9.17) is 9.47 Å². The summed E-state index contributed by atoms with van der Waals surface area (Å²) in [5.41, 5.74) is 2.23. The van der Waals surface area contributed by atoms with E-state index in [1.54, 1.807) is 7.11 Å². The van der Waals surface area contributed by atoms with Crippen molar-refractivity contribution in [2.45, 2.75) is 44.8 Å². The second kappa shape index (κ2) is 8.52. The largest absolute Gasteiger partial charge is 0.490 e. The predicted molar refractivity (Wildman–Crippen MR) is 94.6 cm³/mol.